The van der Waals surface area contributed by atoms with Crippen LogP contribution in [0, 0.1) is 11.3 Å². The van der Waals surface area contributed by atoms with E-state index in [9.17, 15) is 0 Å². The van der Waals surface area contributed by atoms with Crippen LogP contribution in [-0.2, 0) is 0 Å². The molecule has 0 heterocycles. The summed E-state index contributed by atoms with van der Waals surface area (Å²) < 4.78 is 0. The molecule has 1 nitrogen and oxygen atoms in total. The van der Waals surface area contributed by atoms with Crippen LogP contribution >= 0.6 is 0 Å². The molecule has 0 bridgehead atoms. The van der Waals surface area contributed by atoms with Crippen LogP contribution in [0.2, 0.25) is 0 Å². The van der Waals surface area contributed by atoms with Gasteiger partial charge in [0.2, 0.25) is 0 Å². The molecule has 1 atom stereocenters. The van der Waals surface area contributed by atoms with E-state index in [-0.39, 0.29) is 0 Å². The average molecular weight is 195 g/mol. The summed E-state index contributed by atoms with van der Waals surface area (Å²) in [5.41, 5.74) is 0.693. The molecule has 0 spiro atoms. The van der Waals surface area contributed by atoms with Crippen molar-refractivity contribution in [2.45, 2.75) is 64.8 Å². The SMILES string of the molecule is CCCC(C)C1(CNC2CC2)CCC1. The van der Waals surface area contributed by atoms with Crippen LogP contribution in [0.1, 0.15) is 58.8 Å². The summed E-state index contributed by atoms with van der Waals surface area (Å²) in [4.78, 5) is 0. The Labute approximate surface area is 88.7 Å². The zero-order valence-corrected chi connectivity index (χ0v) is 9.81. The van der Waals surface area contributed by atoms with Gasteiger partial charge in [0.25, 0.3) is 0 Å². The third kappa shape index (κ3) is 2.13. The van der Waals surface area contributed by atoms with Gasteiger partial charge in [-0.2, -0.15) is 0 Å². The van der Waals surface area contributed by atoms with Crippen LogP contribution < -0.4 is 5.32 Å². The zero-order valence-electron chi connectivity index (χ0n) is 9.81. The van der Waals surface area contributed by atoms with Gasteiger partial charge in [-0.3, -0.25) is 0 Å². The Bertz CT molecular complexity index is 180. The molecule has 2 saturated carbocycles. The van der Waals surface area contributed by atoms with Gasteiger partial charge in [-0.05, 0) is 37.0 Å². The molecule has 2 rings (SSSR count). The molecule has 1 heteroatoms. The topological polar surface area (TPSA) is 12.0 Å². The van der Waals surface area contributed by atoms with E-state index in [2.05, 4.69) is 19.2 Å². The molecule has 0 radical (unpaired) electrons. The molecule has 1 N–H and O–H groups in total. The van der Waals surface area contributed by atoms with E-state index >= 15 is 0 Å². The number of hydrogen-bond donors (Lipinski definition) is 1. The largest absolute Gasteiger partial charge is 0.313 e. The van der Waals surface area contributed by atoms with Crippen LogP contribution in [0.25, 0.3) is 0 Å². The van der Waals surface area contributed by atoms with E-state index in [0.29, 0.717) is 5.41 Å². The van der Waals surface area contributed by atoms with Crippen LogP contribution in [0.3, 0.4) is 0 Å². The molecule has 0 aromatic heterocycles. The number of nitrogens with one attached hydrogen (secondary N) is 1. The van der Waals surface area contributed by atoms with Crippen molar-refractivity contribution < 1.29 is 0 Å². The quantitative estimate of drug-likeness (QED) is 0.685. The molecule has 0 aromatic carbocycles. The summed E-state index contributed by atoms with van der Waals surface area (Å²) in [6, 6.07) is 0.890. The number of hydrogen-bond acceptors (Lipinski definition) is 1. The van der Waals surface area contributed by atoms with Gasteiger partial charge in [-0.15, -0.1) is 0 Å². The molecule has 14 heavy (non-hydrogen) atoms. The Kier molecular flexibility index (Phi) is 3.16. The smallest absolute Gasteiger partial charge is 0.00684 e. The predicted molar refractivity (Wildman–Crippen MR) is 61.4 cm³/mol. The van der Waals surface area contributed by atoms with Crippen molar-refractivity contribution in [1.29, 1.82) is 0 Å². The van der Waals surface area contributed by atoms with Crippen molar-refractivity contribution >= 4 is 0 Å². The summed E-state index contributed by atoms with van der Waals surface area (Å²) in [5, 5.41) is 3.74. The van der Waals surface area contributed by atoms with E-state index in [1.807, 2.05) is 0 Å². The lowest BCUT2D eigenvalue weighted by atomic mass is 9.60. The van der Waals surface area contributed by atoms with Gasteiger partial charge in [0.1, 0.15) is 0 Å². The van der Waals surface area contributed by atoms with Gasteiger partial charge >= 0.3 is 0 Å². The van der Waals surface area contributed by atoms with Crippen LogP contribution in [0.5, 0.6) is 0 Å². The molecule has 0 saturated heterocycles. The van der Waals surface area contributed by atoms with Crippen molar-refractivity contribution in [3.63, 3.8) is 0 Å². The molecule has 2 aliphatic rings. The van der Waals surface area contributed by atoms with E-state index in [1.165, 1.54) is 51.5 Å². The minimum atomic E-state index is 0.693. The van der Waals surface area contributed by atoms with Crippen molar-refractivity contribution in [2.24, 2.45) is 11.3 Å². The minimum absolute atomic E-state index is 0.693. The Balaban J connectivity index is 1.80. The Morgan fingerprint density at radius 2 is 2.07 bits per heavy atom. The molecule has 82 valence electrons. The average Bonchev–Trinajstić information content (AvgIpc) is 2.86. The fourth-order valence-electron chi connectivity index (χ4n) is 2.85. The fraction of sp³-hybridized carbons (Fsp3) is 1.00. The van der Waals surface area contributed by atoms with E-state index in [0.717, 1.165) is 12.0 Å². The van der Waals surface area contributed by atoms with Gasteiger partial charge in [-0.25, -0.2) is 0 Å². The maximum Gasteiger partial charge on any atom is 0.00684 e. The summed E-state index contributed by atoms with van der Waals surface area (Å²) in [7, 11) is 0. The lowest BCUT2D eigenvalue weighted by Crippen LogP contribution is -2.45. The van der Waals surface area contributed by atoms with Crippen molar-refractivity contribution in [1.82, 2.24) is 5.32 Å². The van der Waals surface area contributed by atoms with Gasteiger partial charge in [-0.1, -0.05) is 33.1 Å². The highest BCUT2D eigenvalue weighted by molar-refractivity contribution is 4.95. The van der Waals surface area contributed by atoms with Crippen molar-refractivity contribution in [3.05, 3.63) is 0 Å². The third-order valence-corrected chi connectivity index (χ3v) is 4.44. The van der Waals surface area contributed by atoms with E-state index in [4.69, 9.17) is 0 Å². The monoisotopic (exact) mass is 195 g/mol. The van der Waals surface area contributed by atoms with E-state index in [1.54, 1.807) is 0 Å². The first-order valence-corrected chi connectivity index (χ1v) is 6.50. The first-order valence-electron chi connectivity index (χ1n) is 6.50. The van der Waals surface area contributed by atoms with Gasteiger partial charge in [0.05, 0.1) is 0 Å². The predicted octanol–water partition coefficient (Wildman–Crippen LogP) is 3.34. The van der Waals surface area contributed by atoms with Crippen LogP contribution in [0.4, 0.5) is 0 Å². The Morgan fingerprint density at radius 3 is 2.50 bits per heavy atom. The summed E-state index contributed by atoms with van der Waals surface area (Å²) in [6.07, 6.45) is 10.1. The zero-order chi connectivity index (χ0) is 10.0. The highest BCUT2D eigenvalue weighted by atomic mass is 15.0. The fourth-order valence-corrected chi connectivity index (χ4v) is 2.85. The van der Waals surface area contributed by atoms with Gasteiger partial charge in [0.15, 0.2) is 0 Å². The van der Waals surface area contributed by atoms with Crippen molar-refractivity contribution in [3.8, 4) is 0 Å². The minimum Gasteiger partial charge on any atom is -0.313 e. The Morgan fingerprint density at radius 1 is 1.36 bits per heavy atom. The van der Waals surface area contributed by atoms with E-state index < -0.39 is 0 Å². The maximum atomic E-state index is 3.74. The van der Waals surface area contributed by atoms with Crippen LogP contribution in [0.15, 0.2) is 0 Å². The second-order valence-corrected chi connectivity index (χ2v) is 5.56. The molecular weight excluding hydrogens is 170 g/mol. The lowest BCUT2D eigenvalue weighted by Gasteiger charge is -2.47. The number of rotatable bonds is 6. The first kappa shape index (κ1) is 10.5. The molecule has 0 amide bonds. The van der Waals surface area contributed by atoms with Gasteiger partial charge < -0.3 is 5.32 Å². The molecular formula is C13H25N. The highest BCUT2D eigenvalue weighted by Gasteiger charge is 2.41. The summed E-state index contributed by atoms with van der Waals surface area (Å²) >= 11 is 0. The lowest BCUT2D eigenvalue weighted by molar-refractivity contribution is 0.0523. The second kappa shape index (κ2) is 4.22. The first-order chi connectivity index (χ1) is 6.77. The molecule has 0 aromatic rings. The summed E-state index contributed by atoms with van der Waals surface area (Å²) in [5.74, 6) is 0.937. The molecule has 1 unspecified atom stereocenters. The van der Waals surface area contributed by atoms with Crippen LogP contribution in [-0.4, -0.2) is 12.6 Å². The van der Waals surface area contributed by atoms with Gasteiger partial charge in [0, 0.05) is 12.6 Å². The van der Waals surface area contributed by atoms with Crippen molar-refractivity contribution in [2.75, 3.05) is 6.54 Å². The Hall–Kier alpha value is -0.0400. The standard InChI is InChI=1S/C13H25N/c1-3-5-11(2)13(8-4-9-13)10-14-12-6-7-12/h11-12,14H,3-10H2,1-2H3. The molecule has 0 aliphatic heterocycles. The third-order valence-electron chi connectivity index (χ3n) is 4.44. The molecule has 2 aliphatic carbocycles. The summed E-state index contributed by atoms with van der Waals surface area (Å²) in [6.45, 7) is 6.09. The normalized spacial score (nSPS) is 27.0. The highest BCUT2D eigenvalue weighted by Crippen LogP contribution is 2.48. The maximum absolute atomic E-state index is 3.74. The molecule has 2 fully saturated rings. The second-order valence-electron chi connectivity index (χ2n) is 5.56.